The SMILES string of the molecule is CC1(C)OB([C@H](N)Cc2ccc(O)cc2)OC1(C)C. The van der Waals surface area contributed by atoms with Crippen molar-refractivity contribution in [2.45, 2.75) is 51.3 Å². The summed E-state index contributed by atoms with van der Waals surface area (Å²) in [6, 6.07) is 7.04. The van der Waals surface area contributed by atoms with Gasteiger partial charge in [0.15, 0.2) is 0 Å². The van der Waals surface area contributed by atoms with E-state index in [1.807, 2.05) is 39.8 Å². The highest BCUT2D eigenvalue weighted by atomic mass is 16.7. The molecule has 104 valence electrons. The molecule has 0 saturated carbocycles. The monoisotopic (exact) mass is 263 g/mol. The van der Waals surface area contributed by atoms with Gasteiger partial charge in [-0.25, -0.2) is 0 Å². The Morgan fingerprint density at radius 3 is 2.05 bits per heavy atom. The Labute approximate surface area is 115 Å². The van der Waals surface area contributed by atoms with Crippen LogP contribution >= 0.6 is 0 Å². The Hall–Kier alpha value is -1.04. The molecule has 0 radical (unpaired) electrons. The van der Waals surface area contributed by atoms with Crippen molar-refractivity contribution >= 4 is 7.12 Å². The molecule has 1 atom stereocenters. The van der Waals surface area contributed by atoms with Gasteiger partial charge in [-0.1, -0.05) is 12.1 Å². The Morgan fingerprint density at radius 1 is 1.11 bits per heavy atom. The van der Waals surface area contributed by atoms with Crippen molar-refractivity contribution in [2.75, 3.05) is 0 Å². The van der Waals surface area contributed by atoms with Crippen molar-refractivity contribution in [3.63, 3.8) is 0 Å². The Kier molecular flexibility index (Phi) is 3.64. The topological polar surface area (TPSA) is 64.7 Å². The molecule has 2 rings (SSSR count). The molecule has 0 bridgehead atoms. The lowest BCUT2D eigenvalue weighted by atomic mass is 9.75. The van der Waals surface area contributed by atoms with Gasteiger partial charge in [0.05, 0.1) is 11.2 Å². The Balaban J connectivity index is 2.02. The Morgan fingerprint density at radius 2 is 1.58 bits per heavy atom. The third kappa shape index (κ3) is 2.94. The standard InChI is InChI=1S/C14H22BNO3/c1-13(2)14(3,4)19-15(18-13)12(16)9-10-5-7-11(17)8-6-10/h5-8,12,17H,9,16H2,1-4H3/t12-/m1/s1. The molecule has 1 aliphatic heterocycles. The predicted molar refractivity (Wildman–Crippen MR) is 75.9 cm³/mol. The molecule has 0 aromatic heterocycles. The fourth-order valence-corrected chi connectivity index (χ4v) is 2.06. The van der Waals surface area contributed by atoms with E-state index < -0.39 is 7.12 Å². The van der Waals surface area contributed by atoms with Crippen molar-refractivity contribution in [2.24, 2.45) is 5.73 Å². The van der Waals surface area contributed by atoms with Gasteiger partial charge >= 0.3 is 7.12 Å². The molecule has 1 aromatic carbocycles. The number of phenols is 1. The van der Waals surface area contributed by atoms with Gasteiger partial charge in [-0.15, -0.1) is 0 Å². The number of aromatic hydroxyl groups is 1. The molecule has 1 heterocycles. The average Bonchev–Trinajstić information content (AvgIpc) is 2.51. The fourth-order valence-electron chi connectivity index (χ4n) is 2.06. The highest BCUT2D eigenvalue weighted by Gasteiger charge is 2.52. The summed E-state index contributed by atoms with van der Waals surface area (Å²) in [5, 5.41) is 9.26. The minimum Gasteiger partial charge on any atom is -0.508 e. The van der Waals surface area contributed by atoms with Crippen molar-refractivity contribution in [1.29, 1.82) is 0 Å². The zero-order valence-electron chi connectivity index (χ0n) is 12.0. The van der Waals surface area contributed by atoms with Gasteiger partial charge < -0.3 is 20.1 Å². The van der Waals surface area contributed by atoms with E-state index in [4.69, 9.17) is 15.0 Å². The van der Waals surface area contributed by atoms with Crippen molar-refractivity contribution in [3.8, 4) is 5.75 Å². The van der Waals surface area contributed by atoms with Gasteiger partial charge in [0.25, 0.3) is 0 Å². The number of benzene rings is 1. The number of rotatable bonds is 3. The molecule has 1 fully saturated rings. The van der Waals surface area contributed by atoms with Crippen LogP contribution in [0.2, 0.25) is 0 Å². The third-order valence-corrected chi connectivity index (χ3v) is 4.03. The van der Waals surface area contributed by atoms with Gasteiger partial charge in [-0.2, -0.15) is 0 Å². The summed E-state index contributed by atoms with van der Waals surface area (Å²) in [5.41, 5.74) is 6.52. The minimum absolute atomic E-state index is 0.231. The number of hydrogen-bond donors (Lipinski definition) is 2. The van der Waals surface area contributed by atoms with Gasteiger partial charge in [0, 0.05) is 5.94 Å². The first-order chi connectivity index (χ1) is 8.71. The molecule has 1 aromatic rings. The highest BCUT2D eigenvalue weighted by molar-refractivity contribution is 6.47. The normalized spacial score (nSPS) is 22.5. The summed E-state index contributed by atoms with van der Waals surface area (Å²) in [4.78, 5) is 0. The van der Waals surface area contributed by atoms with Crippen molar-refractivity contribution in [1.82, 2.24) is 0 Å². The fraction of sp³-hybridized carbons (Fsp3) is 0.571. The molecule has 0 unspecified atom stereocenters. The molecule has 1 saturated heterocycles. The van der Waals surface area contributed by atoms with Gasteiger partial charge in [0.1, 0.15) is 5.75 Å². The Bertz CT molecular complexity index is 429. The number of nitrogens with two attached hydrogens (primary N) is 1. The second-order valence-electron chi connectivity index (χ2n) is 6.16. The van der Waals surface area contributed by atoms with E-state index in [0.29, 0.717) is 6.42 Å². The maximum absolute atomic E-state index is 9.26. The quantitative estimate of drug-likeness (QED) is 0.817. The van der Waals surface area contributed by atoms with Crippen LogP contribution in [0.5, 0.6) is 5.75 Å². The summed E-state index contributed by atoms with van der Waals surface area (Å²) in [6.07, 6.45) is 0.650. The van der Waals surface area contributed by atoms with Crippen LogP contribution in [-0.2, 0) is 15.7 Å². The van der Waals surface area contributed by atoms with Crippen LogP contribution in [-0.4, -0.2) is 29.4 Å². The van der Waals surface area contributed by atoms with Crippen LogP contribution in [0.4, 0.5) is 0 Å². The van der Waals surface area contributed by atoms with Crippen molar-refractivity contribution < 1.29 is 14.4 Å². The first kappa shape index (κ1) is 14.4. The van der Waals surface area contributed by atoms with Crippen LogP contribution in [0.1, 0.15) is 33.3 Å². The number of phenolic OH excluding ortho intramolecular Hbond substituents is 1. The molecule has 3 N–H and O–H groups in total. The molecule has 0 spiro atoms. The molecular weight excluding hydrogens is 241 g/mol. The van der Waals surface area contributed by atoms with Crippen LogP contribution in [0.25, 0.3) is 0 Å². The smallest absolute Gasteiger partial charge is 0.476 e. The van der Waals surface area contributed by atoms with E-state index in [1.165, 1.54) is 0 Å². The maximum atomic E-state index is 9.26. The van der Waals surface area contributed by atoms with Crippen LogP contribution in [0.3, 0.4) is 0 Å². The summed E-state index contributed by atoms with van der Waals surface area (Å²) >= 11 is 0. The average molecular weight is 263 g/mol. The van der Waals surface area contributed by atoms with E-state index in [1.54, 1.807) is 12.1 Å². The largest absolute Gasteiger partial charge is 0.508 e. The first-order valence-corrected chi connectivity index (χ1v) is 6.60. The molecule has 5 heteroatoms. The lowest BCUT2D eigenvalue weighted by Crippen LogP contribution is -2.43. The zero-order valence-corrected chi connectivity index (χ0v) is 12.0. The van der Waals surface area contributed by atoms with E-state index >= 15 is 0 Å². The van der Waals surface area contributed by atoms with Gasteiger partial charge in [-0.05, 0) is 51.8 Å². The summed E-state index contributed by atoms with van der Waals surface area (Å²) < 4.78 is 11.9. The second kappa shape index (κ2) is 4.82. The highest BCUT2D eigenvalue weighted by Crippen LogP contribution is 2.37. The molecule has 0 amide bonds. The summed E-state index contributed by atoms with van der Waals surface area (Å²) in [5.74, 6) is 0.0264. The van der Waals surface area contributed by atoms with E-state index in [0.717, 1.165) is 5.56 Å². The number of hydrogen-bond acceptors (Lipinski definition) is 4. The zero-order chi connectivity index (χ0) is 14.3. The van der Waals surface area contributed by atoms with Gasteiger partial charge in [-0.3, -0.25) is 0 Å². The molecule has 4 nitrogen and oxygen atoms in total. The molecular formula is C14H22BNO3. The van der Waals surface area contributed by atoms with Crippen LogP contribution in [0.15, 0.2) is 24.3 Å². The predicted octanol–water partition coefficient (Wildman–Crippen LogP) is 1.89. The van der Waals surface area contributed by atoms with E-state index in [2.05, 4.69) is 0 Å². The molecule has 19 heavy (non-hydrogen) atoms. The van der Waals surface area contributed by atoms with Crippen LogP contribution in [0, 0.1) is 0 Å². The van der Waals surface area contributed by atoms with Crippen LogP contribution < -0.4 is 5.73 Å². The first-order valence-electron chi connectivity index (χ1n) is 6.60. The van der Waals surface area contributed by atoms with Crippen molar-refractivity contribution in [3.05, 3.63) is 29.8 Å². The molecule has 0 aliphatic carbocycles. The maximum Gasteiger partial charge on any atom is 0.476 e. The van der Waals surface area contributed by atoms with E-state index in [9.17, 15) is 5.11 Å². The lowest BCUT2D eigenvalue weighted by molar-refractivity contribution is 0.00578. The summed E-state index contributed by atoms with van der Waals surface area (Å²) in [7, 11) is -0.404. The van der Waals surface area contributed by atoms with E-state index in [-0.39, 0.29) is 22.9 Å². The second-order valence-corrected chi connectivity index (χ2v) is 6.16. The minimum atomic E-state index is -0.404. The lowest BCUT2D eigenvalue weighted by Gasteiger charge is -2.32. The summed E-state index contributed by atoms with van der Waals surface area (Å²) in [6.45, 7) is 8.06. The molecule has 1 aliphatic rings. The van der Waals surface area contributed by atoms with Gasteiger partial charge in [0.2, 0.25) is 0 Å². The third-order valence-electron chi connectivity index (χ3n) is 4.03.